The lowest BCUT2D eigenvalue weighted by Gasteiger charge is -2.25. The van der Waals surface area contributed by atoms with Gasteiger partial charge >= 0.3 is 0 Å². The van der Waals surface area contributed by atoms with Crippen LogP contribution in [0.1, 0.15) is 24.4 Å². The fraction of sp³-hybridized carbons (Fsp3) is 0.333. The van der Waals surface area contributed by atoms with Crippen LogP contribution in [0.4, 0.5) is 17.1 Å². The van der Waals surface area contributed by atoms with E-state index >= 15 is 0 Å². The van der Waals surface area contributed by atoms with Gasteiger partial charge in [-0.2, -0.15) is 0 Å². The smallest absolute Gasteiger partial charge is 0.299 e. The molecule has 1 aliphatic heterocycles. The third kappa shape index (κ3) is 3.97. The largest absolute Gasteiger partial charge is 0.373 e. The number of nitrogens with zero attached hydrogens (tertiary/aromatic N) is 2. The molecule has 0 unspecified atom stereocenters. The molecular weight excluding hydrogens is 336 g/mol. The molecule has 1 saturated heterocycles. The average Bonchev–Trinajstić information content (AvgIpc) is 3.17. The quantitative estimate of drug-likeness (QED) is 0.585. The van der Waals surface area contributed by atoms with Crippen LogP contribution in [0.25, 0.3) is 0 Å². The minimum atomic E-state index is -0.627. The Morgan fingerprint density at radius 3 is 2.31 bits per heavy atom. The van der Waals surface area contributed by atoms with Gasteiger partial charge in [0.15, 0.2) is 0 Å². The molecule has 136 valence electrons. The number of nitro benzene ring substituents is 2. The first-order valence-electron chi connectivity index (χ1n) is 8.62. The molecule has 2 aromatic rings. The number of nitro groups is 2. The highest BCUT2D eigenvalue weighted by molar-refractivity contribution is 5.65. The van der Waals surface area contributed by atoms with Gasteiger partial charge in [0.1, 0.15) is 11.7 Å². The normalized spacial score (nSPS) is 15.5. The van der Waals surface area contributed by atoms with Gasteiger partial charge in [-0.15, -0.1) is 0 Å². The molecule has 26 heavy (non-hydrogen) atoms. The molecule has 0 spiro atoms. The first kappa shape index (κ1) is 17.8. The monoisotopic (exact) mass is 357 g/mol. The van der Waals surface area contributed by atoms with E-state index in [1.165, 1.54) is 35.4 Å². The Labute approximate surface area is 150 Å². The average molecular weight is 357 g/mol. The highest BCUT2D eigenvalue weighted by Gasteiger charge is 2.28. The first-order valence-corrected chi connectivity index (χ1v) is 8.62. The molecule has 0 bridgehead atoms. The maximum absolute atomic E-state index is 11.3. The van der Waals surface area contributed by atoms with Crippen molar-refractivity contribution >= 4 is 17.1 Å². The molecule has 2 aromatic carbocycles. The molecule has 0 aliphatic carbocycles. The predicted molar refractivity (Wildman–Crippen MR) is 97.4 cm³/mol. The molecule has 1 fully saturated rings. The topological polar surface area (TPSA) is 103 Å². The van der Waals surface area contributed by atoms with Gasteiger partial charge in [-0.1, -0.05) is 30.3 Å². The van der Waals surface area contributed by atoms with Gasteiger partial charge < -0.3 is 10.2 Å². The predicted octanol–water partition coefficient (Wildman–Crippen LogP) is 2.33. The van der Waals surface area contributed by atoms with E-state index in [4.69, 9.17) is 0 Å². The highest BCUT2D eigenvalue weighted by atomic mass is 16.6. The van der Waals surface area contributed by atoms with Gasteiger partial charge in [-0.3, -0.25) is 20.2 Å². The Morgan fingerprint density at radius 1 is 1.00 bits per heavy atom. The van der Waals surface area contributed by atoms with Crippen molar-refractivity contribution in [2.24, 2.45) is 0 Å². The maximum Gasteiger partial charge on any atom is 0.299 e. The van der Waals surface area contributed by atoms with Crippen molar-refractivity contribution in [3.63, 3.8) is 0 Å². The van der Waals surface area contributed by atoms with E-state index < -0.39 is 9.85 Å². The van der Waals surface area contributed by atoms with E-state index in [0.717, 1.165) is 19.2 Å². The Morgan fingerprint density at radius 2 is 1.69 bits per heavy atom. The summed E-state index contributed by atoms with van der Waals surface area (Å²) in [6, 6.07) is 14.0. The number of benzene rings is 2. The van der Waals surface area contributed by atoms with Crippen molar-refractivity contribution in [2.75, 3.05) is 25.0 Å². The van der Waals surface area contributed by atoms with Crippen LogP contribution in [-0.2, 0) is 0 Å². The zero-order chi connectivity index (χ0) is 18.5. The number of hydrogen-bond donors (Lipinski definition) is 2. The second-order valence-electron chi connectivity index (χ2n) is 6.43. The van der Waals surface area contributed by atoms with Gasteiger partial charge in [0.25, 0.3) is 11.4 Å². The molecule has 0 radical (unpaired) electrons. The number of nitrogens with one attached hydrogen (secondary N) is 2. The highest BCUT2D eigenvalue weighted by Crippen LogP contribution is 2.29. The SMILES string of the molecule is O=[N+]([O-])c1ccc(NC[C@@H](c2ccccc2)[NH+]2CCCC2)c([N+](=O)[O-])c1. The number of rotatable bonds is 7. The van der Waals surface area contributed by atoms with Gasteiger partial charge in [0.2, 0.25) is 0 Å². The fourth-order valence-corrected chi connectivity index (χ4v) is 3.51. The van der Waals surface area contributed by atoms with Crippen molar-refractivity contribution in [1.82, 2.24) is 0 Å². The fourth-order valence-electron chi connectivity index (χ4n) is 3.51. The van der Waals surface area contributed by atoms with Crippen molar-refractivity contribution < 1.29 is 14.7 Å². The van der Waals surface area contributed by atoms with Crippen LogP contribution in [0.3, 0.4) is 0 Å². The first-order chi connectivity index (χ1) is 12.6. The Balaban J connectivity index is 1.82. The van der Waals surface area contributed by atoms with Crippen molar-refractivity contribution in [3.05, 3.63) is 74.3 Å². The summed E-state index contributed by atoms with van der Waals surface area (Å²) in [5, 5.41) is 25.3. The Bertz CT molecular complexity index is 791. The lowest BCUT2D eigenvalue weighted by molar-refractivity contribution is -0.917. The van der Waals surface area contributed by atoms with E-state index in [1.807, 2.05) is 18.2 Å². The summed E-state index contributed by atoms with van der Waals surface area (Å²) in [5.41, 5.74) is 0.927. The van der Waals surface area contributed by atoms with Gasteiger partial charge in [-0.05, 0) is 6.07 Å². The van der Waals surface area contributed by atoms with E-state index in [-0.39, 0.29) is 17.4 Å². The molecule has 8 heteroatoms. The minimum absolute atomic E-state index is 0.175. The number of non-ortho nitro benzene ring substituents is 1. The molecule has 0 saturated carbocycles. The maximum atomic E-state index is 11.3. The summed E-state index contributed by atoms with van der Waals surface area (Å²) in [5.74, 6) is 0. The molecule has 2 N–H and O–H groups in total. The van der Waals surface area contributed by atoms with E-state index in [2.05, 4.69) is 17.4 Å². The summed E-state index contributed by atoms with van der Waals surface area (Å²) in [6.45, 7) is 2.67. The standard InChI is InChI=1S/C18H20N4O4/c23-21(24)15-8-9-16(17(12-15)22(25)26)19-13-18(20-10-4-5-11-20)14-6-2-1-3-7-14/h1-3,6-9,12,18-19H,4-5,10-11,13H2/p+1/t18-/m0/s1. The second-order valence-corrected chi connectivity index (χ2v) is 6.43. The number of anilines is 1. The molecule has 8 nitrogen and oxygen atoms in total. The van der Waals surface area contributed by atoms with Crippen LogP contribution < -0.4 is 10.2 Å². The third-order valence-electron chi connectivity index (χ3n) is 4.83. The number of likely N-dealkylation sites (tertiary alicyclic amines) is 1. The van der Waals surface area contributed by atoms with Crippen LogP contribution >= 0.6 is 0 Å². The van der Waals surface area contributed by atoms with E-state index in [0.29, 0.717) is 12.2 Å². The summed E-state index contributed by atoms with van der Waals surface area (Å²) >= 11 is 0. The molecule has 3 rings (SSSR count). The summed E-state index contributed by atoms with van der Waals surface area (Å²) in [6.07, 6.45) is 2.35. The molecule has 1 aliphatic rings. The van der Waals surface area contributed by atoms with Gasteiger partial charge in [0, 0.05) is 24.5 Å². The van der Waals surface area contributed by atoms with E-state index in [1.54, 1.807) is 0 Å². The zero-order valence-corrected chi connectivity index (χ0v) is 14.3. The van der Waals surface area contributed by atoms with Crippen molar-refractivity contribution in [3.8, 4) is 0 Å². The van der Waals surface area contributed by atoms with Crippen LogP contribution in [-0.4, -0.2) is 29.5 Å². The minimum Gasteiger partial charge on any atom is -0.373 e. The Kier molecular flexibility index (Phi) is 5.43. The molecular formula is C18H21N4O4+. The van der Waals surface area contributed by atoms with Gasteiger partial charge in [0.05, 0.1) is 35.5 Å². The van der Waals surface area contributed by atoms with Crippen molar-refractivity contribution in [1.29, 1.82) is 0 Å². The molecule has 0 amide bonds. The van der Waals surface area contributed by atoms with Gasteiger partial charge in [-0.25, -0.2) is 0 Å². The lowest BCUT2D eigenvalue weighted by Crippen LogP contribution is -3.11. The molecule has 1 atom stereocenters. The Hall–Kier alpha value is -3.00. The summed E-state index contributed by atoms with van der Waals surface area (Å²) in [4.78, 5) is 22.4. The van der Waals surface area contributed by atoms with Crippen LogP contribution in [0.15, 0.2) is 48.5 Å². The zero-order valence-electron chi connectivity index (χ0n) is 14.3. The van der Waals surface area contributed by atoms with Crippen molar-refractivity contribution in [2.45, 2.75) is 18.9 Å². The molecule has 0 aromatic heterocycles. The lowest BCUT2D eigenvalue weighted by atomic mass is 10.1. The van der Waals surface area contributed by atoms with Crippen LogP contribution in [0.2, 0.25) is 0 Å². The van der Waals surface area contributed by atoms with Crippen LogP contribution in [0, 0.1) is 20.2 Å². The number of quaternary nitrogens is 1. The number of hydrogen-bond acceptors (Lipinski definition) is 5. The molecule has 1 heterocycles. The third-order valence-corrected chi connectivity index (χ3v) is 4.83. The summed E-state index contributed by atoms with van der Waals surface area (Å²) in [7, 11) is 0. The second kappa shape index (κ2) is 7.92. The summed E-state index contributed by atoms with van der Waals surface area (Å²) < 4.78 is 0. The van der Waals surface area contributed by atoms with E-state index in [9.17, 15) is 20.2 Å². The van der Waals surface area contributed by atoms with Crippen LogP contribution in [0.5, 0.6) is 0 Å².